The fourth-order valence-electron chi connectivity index (χ4n) is 19.4. The van der Waals surface area contributed by atoms with Crippen LogP contribution in [0, 0.1) is 28.6 Å². The molecule has 564 valence electrons. The first-order valence-corrected chi connectivity index (χ1v) is 36.4. The summed E-state index contributed by atoms with van der Waals surface area (Å²) >= 11 is 0. The van der Waals surface area contributed by atoms with Gasteiger partial charge in [-0.05, 0) is 136 Å². The third-order valence-corrected chi connectivity index (χ3v) is 24.8. The summed E-state index contributed by atoms with van der Waals surface area (Å²) in [6, 6.07) is 0. The lowest BCUT2D eigenvalue weighted by Gasteiger charge is -2.59. The monoisotopic (exact) mass is 1410 g/mol. The van der Waals surface area contributed by atoms with E-state index >= 15 is 0 Å². The summed E-state index contributed by atoms with van der Waals surface area (Å²) in [6.07, 6.45) is -5.20. The zero-order chi connectivity index (χ0) is 70.8. The Hall–Kier alpha value is -2.50. The van der Waals surface area contributed by atoms with Crippen molar-refractivity contribution in [1.82, 2.24) is 0 Å². The summed E-state index contributed by atoms with van der Waals surface area (Å²) < 4.78 is 145. The Balaban J connectivity index is 0.607. The van der Waals surface area contributed by atoms with Gasteiger partial charge in [0, 0.05) is 73.6 Å². The number of ketones is 1. The van der Waals surface area contributed by atoms with E-state index in [0.29, 0.717) is 43.4 Å². The van der Waals surface area contributed by atoms with E-state index in [1.807, 2.05) is 48.5 Å². The molecule has 0 aromatic carbocycles. The average Bonchev–Trinajstić information content (AvgIpc) is 1.61. The third-order valence-electron chi connectivity index (χ3n) is 24.8. The topological polar surface area (TPSA) is 287 Å². The molecule has 10 fully saturated rings. The van der Waals surface area contributed by atoms with E-state index in [-0.39, 0.29) is 54.2 Å². The molecule has 35 atom stereocenters. The van der Waals surface area contributed by atoms with E-state index in [4.69, 9.17) is 109 Å². The normalized spacial score (nSPS) is 50.6. The highest BCUT2D eigenvalue weighted by Gasteiger charge is 2.67. The van der Waals surface area contributed by atoms with E-state index in [9.17, 15) is 19.8 Å². The molecule has 27 heteroatoms. The zero-order valence-electron chi connectivity index (χ0n) is 61.1. The molecule has 0 radical (unpaired) electrons. The lowest BCUT2D eigenvalue weighted by molar-refractivity contribution is -0.447. The molecule has 12 aliphatic rings. The van der Waals surface area contributed by atoms with E-state index in [2.05, 4.69) is 19.9 Å². The molecule has 4 aliphatic carbocycles. The molecule has 99 heavy (non-hydrogen) atoms. The molecule has 27 nitrogen and oxygen atoms in total. The van der Waals surface area contributed by atoms with Gasteiger partial charge in [-0.1, -0.05) is 25.5 Å². The second-order valence-corrected chi connectivity index (χ2v) is 30.5. The highest BCUT2D eigenvalue weighted by molar-refractivity contribution is 5.96. The molecule has 8 heterocycles. The second-order valence-electron chi connectivity index (χ2n) is 30.5. The number of Topliss-reactive ketones (excluding diaryl/α,β-unsaturated/α-hetero) is 1. The number of fused-ring (bicyclic) bond motifs is 6. The Morgan fingerprint density at radius 1 is 0.616 bits per heavy atom. The van der Waals surface area contributed by atoms with E-state index < -0.39 is 177 Å². The van der Waals surface area contributed by atoms with Crippen LogP contribution >= 0.6 is 0 Å². The number of methoxy groups -OCH3 is 6. The number of carbonyl (C=O) groups is 2. The van der Waals surface area contributed by atoms with Crippen molar-refractivity contribution in [2.24, 2.45) is 28.6 Å². The minimum atomic E-state index is -1.56. The highest BCUT2D eigenvalue weighted by atomic mass is 16.9. The summed E-state index contributed by atoms with van der Waals surface area (Å²) in [5.74, 6) is -0.886. The maximum atomic E-state index is 13.1. The Morgan fingerprint density at radius 3 is 1.79 bits per heavy atom. The number of esters is 1. The number of aliphatic hydroxyl groups excluding tert-OH is 1. The van der Waals surface area contributed by atoms with Gasteiger partial charge in [-0.2, -0.15) is 0 Å². The maximum Gasteiger partial charge on any atom is 0.303 e. The molecule has 1 spiro atoms. The summed E-state index contributed by atoms with van der Waals surface area (Å²) in [4.78, 5) is 25.2. The molecule has 0 bridgehead atoms. The van der Waals surface area contributed by atoms with Gasteiger partial charge in [0.2, 0.25) is 6.29 Å². The predicted molar refractivity (Wildman–Crippen MR) is 345 cm³/mol. The largest absolute Gasteiger partial charge is 0.493 e. The molecule has 8 aliphatic heterocycles. The highest BCUT2D eigenvalue weighted by Crippen LogP contribution is 2.68. The predicted octanol–water partition coefficient (Wildman–Crippen LogP) is 6.73. The van der Waals surface area contributed by atoms with Crippen molar-refractivity contribution in [3.8, 4) is 0 Å². The lowest BCUT2D eigenvalue weighted by atomic mass is 9.46. The van der Waals surface area contributed by atoms with Gasteiger partial charge in [0.1, 0.15) is 42.7 Å². The summed E-state index contributed by atoms with van der Waals surface area (Å²) in [5.41, 5.74) is -0.0154. The Bertz CT molecular complexity index is 2800. The van der Waals surface area contributed by atoms with Crippen molar-refractivity contribution in [2.45, 2.75) is 343 Å². The minimum absolute atomic E-state index is 0.0143. The SMILES string of the molecule is COC1=C[C@@H](C)O[C@@H](O[C@H]2CC[C@@]3(C)C(=CC[C@@H]4[C@@H]3CC[C@@]3(C)[C@H]4CC[C@]3(O)[C@H](C)O[C@H]3C[C@H]4OCO[C@]5(C[C@@H](OC)[C@H](O[C@H]6C[C@H](OC)[C@H](O[C@H]7C[C@H](OC)[C@H](O[C@H]8C[C@H](OC)[C@H](O[C@@H]9O[C@H](C)[C@H](O)[C@H](OC)[C@H]9OC(C)=O)[C@@H](C)O8)[C@@H](C)O7)[C@@H](C)O6)[C@@H](C)O5)O[C@@H]4[C@@H](C)O3)C2)C1=O. The molecule has 0 amide bonds. The van der Waals surface area contributed by atoms with E-state index in [1.165, 1.54) is 26.7 Å². The van der Waals surface area contributed by atoms with Crippen LogP contribution in [0.4, 0.5) is 0 Å². The number of hydrogen-bond acceptors (Lipinski definition) is 27. The molecule has 2 N–H and O–H groups in total. The van der Waals surface area contributed by atoms with Crippen LogP contribution in [0.3, 0.4) is 0 Å². The number of rotatable bonds is 20. The van der Waals surface area contributed by atoms with Crippen LogP contribution in [-0.4, -0.2) is 255 Å². The third kappa shape index (κ3) is 15.1. The van der Waals surface area contributed by atoms with Gasteiger partial charge in [-0.3, -0.25) is 9.59 Å². The smallest absolute Gasteiger partial charge is 0.303 e. The van der Waals surface area contributed by atoms with Crippen molar-refractivity contribution < 1.29 is 129 Å². The van der Waals surface area contributed by atoms with Crippen molar-refractivity contribution in [1.29, 1.82) is 0 Å². The molecule has 0 aromatic heterocycles. The second kappa shape index (κ2) is 31.1. The Morgan fingerprint density at radius 2 is 1.20 bits per heavy atom. The lowest BCUT2D eigenvalue weighted by Crippen LogP contribution is -2.62. The van der Waals surface area contributed by atoms with Crippen molar-refractivity contribution in [2.75, 3.05) is 49.5 Å². The van der Waals surface area contributed by atoms with Gasteiger partial charge in [-0.15, -0.1) is 0 Å². The van der Waals surface area contributed by atoms with Gasteiger partial charge in [0.15, 0.2) is 50.1 Å². The van der Waals surface area contributed by atoms with Gasteiger partial charge in [0.05, 0.1) is 105 Å². The van der Waals surface area contributed by atoms with Crippen molar-refractivity contribution in [3.63, 3.8) is 0 Å². The van der Waals surface area contributed by atoms with Gasteiger partial charge in [-0.25, -0.2) is 0 Å². The Labute approximate surface area is 583 Å². The van der Waals surface area contributed by atoms with Crippen LogP contribution in [0.2, 0.25) is 0 Å². The van der Waals surface area contributed by atoms with E-state index in [1.54, 1.807) is 41.4 Å². The number of hydrogen-bond donors (Lipinski definition) is 2. The first kappa shape index (κ1) is 76.2. The summed E-state index contributed by atoms with van der Waals surface area (Å²) in [6.45, 7) is 21.0. The minimum Gasteiger partial charge on any atom is -0.493 e. The molecular formula is C72H114O27. The zero-order valence-corrected chi connectivity index (χ0v) is 61.1. The number of ether oxygens (including phenoxy) is 23. The first-order valence-electron chi connectivity index (χ1n) is 36.4. The molecule has 3 saturated carbocycles. The van der Waals surface area contributed by atoms with Crippen molar-refractivity contribution in [3.05, 3.63) is 23.5 Å². The van der Waals surface area contributed by atoms with Crippen LogP contribution in [0.1, 0.15) is 160 Å². The van der Waals surface area contributed by atoms with Gasteiger partial charge < -0.3 is 119 Å². The fraction of sp³-hybridized carbons (Fsp3) is 0.917. The first-order chi connectivity index (χ1) is 47.2. The van der Waals surface area contributed by atoms with Crippen LogP contribution in [0.25, 0.3) is 0 Å². The molecule has 12 rings (SSSR count). The van der Waals surface area contributed by atoms with E-state index in [0.717, 1.165) is 44.9 Å². The quantitative estimate of drug-likeness (QED) is 0.0943. The van der Waals surface area contributed by atoms with Gasteiger partial charge in [0.25, 0.3) is 11.8 Å². The molecule has 7 saturated heterocycles. The number of allylic oxidation sites excluding steroid dienone is 1. The Kier molecular flexibility index (Phi) is 24.0. The van der Waals surface area contributed by atoms with Crippen molar-refractivity contribution >= 4 is 11.8 Å². The maximum absolute atomic E-state index is 13.1. The molecule has 0 aromatic rings. The standard InChI is InChI=1S/C72H114O27/c1-34-26-48(77-12)59(75)67(85-34)93-44-20-23-69(10)43(27-44)18-19-45-46(69)21-24-70(11)47(45)22-25-71(70,76)41(8)91-54-31-52-64(39(6)89-54)99-72(84-33-83-52)32-53(81-16)63(40(7)98-72)96-57-29-50(79-14)61(37(4)87-57)94-55-28-49(78-13)60(36(3)86-55)95-56-30-51(80-15)62(38(5)88-56)97-68-66(92-42(9)73)65(82-17)58(74)35(2)90-68/h18,26,34-41,44-47,49-58,60-68,74,76H,19-25,27-33H2,1-17H3/t34-,35-,36-,37-,38-,39-,40-,41+,44+,45-,46+,47+,49+,50+,51+,52-,53-,54+,55+,56+,57+,58+,60-,61-,62-,63-,64-,65+,66-,67+,68+,69+,70+,71+,72+/m1/s1. The van der Waals surface area contributed by atoms with Crippen LogP contribution in [0.15, 0.2) is 23.5 Å². The van der Waals surface area contributed by atoms with Crippen LogP contribution < -0.4 is 0 Å². The average molecular weight is 1410 g/mol. The van der Waals surface area contributed by atoms with Crippen LogP contribution in [-0.2, 0) is 119 Å². The molecule has 0 unspecified atom stereocenters. The molecular weight excluding hydrogens is 1300 g/mol. The summed E-state index contributed by atoms with van der Waals surface area (Å²) in [5, 5.41) is 23.8. The fourth-order valence-corrected chi connectivity index (χ4v) is 19.4. The van der Waals surface area contributed by atoms with Crippen LogP contribution in [0.5, 0.6) is 0 Å². The summed E-state index contributed by atoms with van der Waals surface area (Å²) in [7, 11) is 9.39. The number of aliphatic hydroxyl groups is 2. The number of carbonyl (C=O) groups excluding carboxylic acids is 2. The van der Waals surface area contributed by atoms with Gasteiger partial charge >= 0.3 is 5.97 Å².